The van der Waals surface area contributed by atoms with Gasteiger partial charge in [-0.3, -0.25) is 9.59 Å². The molecule has 1 heterocycles. The molecule has 3 aromatic rings. The standard InChI is InChI=1S/C25H27N3O2/c1-17-9-5-7-13-21(17)27-25(30)23(28-24(29)18-10-3-2-4-11-18)15-19-16-26-22-14-8-6-12-20(19)22/h2-4,6,8,10-12,14-17,21,26H,5,7,9,13H2,1H3,(H,27,30)(H,28,29)/b23-15-/t17-,21-/m0/s1. The van der Waals surface area contributed by atoms with Gasteiger partial charge in [0.1, 0.15) is 5.70 Å². The van der Waals surface area contributed by atoms with Crippen LogP contribution >= 0.6 is 0 Å². The Kier molecular flexibility index (Phi) is 5.98. The Balaban J connectivity index is 1.63. The van der Waals surface area contributed by atoms with Crippen molar-refractivity contribution in [1.29, 1.82) is 0 Å². The van der Waals surface area contributed by atoms with E-state index < -0.39 is 0 Å². The van der Waals surface area contributed by atoms with Crippen LogP contribution in [0, 0.1) is 5.92 Å². The van der Waals surface area contributed by atoms with Gasteiger partial charge in [0, 0.05) is 34.3 Å². The first-order valence-corrected chi connectivity index (χ1v) is 10.6. The number of nitrogens with one attached hydrogen (secondary N) is 3. The summed E-state index contributed by atoms with van der Waals surface area (Å²) < 4.78 is 0. The molecule has 30 heavy (non-hydrogen) atoms. The highest BCUT2D eigenvalue weighted by Gasteiger charge is 2.25. The molecule has 0 unspecified atom stereocenters. The van der Waals surface area contributed by atoms with Gasteiger partial charge in [0.25, 0.3) is 11.8 Å². The molecule has 1 aliphatic carbocycles. The number of hydrogen-bond acceptors (Lipinski definition) is 2. The molecule has 1 aromatic heterocycles. The number of aromatic amines is 1. The quantitative estimate of drug-likeness (QED) is 0.545. The predicted octanol–water partition coefficient (Wildman–Crippen LogP) is 4.63. The third-order valence-electron chi connectivity index (χ3n) is 5.88. The third-order valence-corrected chi connectivity index (χ3v) is 5.88. The summed E-state index contributed by atoms with van der Waals surface area (Å²) in [7, 11) is 0. The largest absolute Gasteiger partial charge is 0.361 e. The summed E-state index contributed by atoms with van der Waals surface area (Å²) >= 11 is 0. The van der Waals surface area contributed by atoms with Crippen molar-refractivity contribution < 1.29 is 9.59 Å². The van der Waals surface area contributed by atoms with Crippen molar-refractivity contribution in [1.82, 2.24) is 15.6 Å². The lowest BCUT2D eigenvalue weighted by Gasteiger charge is -2.29. The lowest BCUT2D eigenvalue weighted by Crippen LogP contribution is -2.44. The molecular formula is C25H27N3O2. The van der Waals surface area contributed by atoms with Crippen LogP contribution in [-0.4, -0.2) is 22.8 Å². The molecule has 2 atom stereocenters. The summed E-state index contributed by atoms with van der Waals surface area (Å²) in [6, 6.07) is 17.0. The number of carbonyl (C=O) groups is 2. The number of rotatable bonds is 5. The number of para-hydroxylation sites is 1. The van der Waals surface area contributed by atoms with Crippen molar-refractivity contribution in [3.63, 3.8) is 0 Å². The van der Waals surface area contributed by atoms with Crippen molar-refractivity contribution in [3.8, 4) is 0 Å². The molecule has 1 saturated carbocycles. The first kappa shape index (κ1) is 20.0. The number of benzene rings is 2. The number of hydrogen-bond donors (Lipinski definition) is 3. The second-order valence-corrected chi connectivity index (χ2v) is 8.01. The van der Waals surface area contributed by atoms with E-state index >= 15 is 0 Å². The third kappa shape index (κ3) is 4.46. The maximum Gasteiger partial charge on any atom is 0.268 e. The fourth-order valence-corrected chi connectivity index (χ4v) is 4.09. The summed E-state index contributed by atoms with van der Waals surface area (Å²) in [5, 5.41) is 6.99. The molecule has 5 nitrogen and oxygen atoms in total. The smallest absolute Gasteiger partial charge is 0.268 e. The molecule has 0 saturated heterocycles. The predicted molar refractivity (Wildman–Crippen MR) is 120 cm³/mol. The van der Waals surface area contributed by atoms with Gasteiger partial charge in [-0.2, -0.15) is 0 Å². The lowest BCUT2D eigenvalue weighted by atomic mass is 9.86. The van der Waals surface area contributed by atoms with E-state index in [2.05, 4.69) is 22.5 Å². The van der Waals surface area contributed by atoms with E-state index in [1.807, 2.05) is 48.7 Å². The zero-order valence-electron chi connectivity index (χ0n) is 17.2. The van der Waals surface area contributed by atoms with Crippen molar-refractivity contribution in [2.45, 2.75) is 38.6 Å². The van der Waals surface area contributed by atoms with Crippen molar-refractivity contribution in [2.75, 3.05) is 0 Å². The lowest BCUT2D eigenvalue weighted by molar-refractivity contribution is -0.119. The molecule has 1 aliphatic rings. The molecule has 5 heteroatoms. The first-order chi connectivity index (χ1) is 14.6. The Morgan fingerprint density at radius 2 is 1.73 bits per heavy atom. The Hall–Kier alpha value is -3.34. The van der Waals surface area contributed by atoms with E-state index in [-0.39, 0.29) is 23.6 Å². The molecule has 1 fully saturated rings. The van der Waals surface area contributed by atoms with Crippen LogP contribution in [0.3, 0.4) is 0 Å². The van der Waals surface area contributed by atoms with E-state index in [1.54, 1.807) is 18.2 Å². The monoisotopic (exact) mass is 401 g/mol. The Morgan fingerprint density at radius 3 is 2.53 bits per heavy atom. The average Bonchev–Trinajstić information content (AvgIpc) is 3.18. The maximum absolute atomic E-state index is 13.2. The minimum absolute atomic E-state index is 0.131. The van der Waals surface area contributed by atoms with Crippen LogP contribution in [0.15, 0.2) is 66.5 Å². The number of fused-ring (bicyclic) bond motifs is 1. The van der Waals surface area contributed by atoms with Gasteiger partial charge in [-0.05, 0) is 43.0 Å². The Labute approximate surface area is 176 Å². The van der Waals surface area contributed by atoms with Gasteiger partial charge in [-0.1, -0.05) is 56.2 Å². The summed E-state index contributed by atoms with van der Waals surface area (Å²) in [5.74, 6) is -0.112. The summed E-state index contributed by atoms with van der Waals surface area (Å²) in [6.45, 7) is 2.18. The number of aromatic nitrogens is 1. The van der Waals surface area contributed by atoms with E-state index in [0.29, 0.717) is 11.5 Å². The SMILES string of the molecule is C[C@H]1CCCC[C@@H]1NC(=O)/C(=C/c1c[nH]c2ccccc12)NC(=O)c1ccccc1. The van der Waals surface area contributed by atoms with Crippen molar-refractivity contribution in [2.24, 2.45) is 5.92 Å². The molecule has 2 aromatic carbocycles. The van der Waals surface area contributed by atoms with Crippen molar-refractivity contribution >= 4 is 28.8 Å². The average molecular weight is 402 g/mol. The highest BCUT2D eigenvalue weighted by Crippen LogP contribution is 2.24. The van der Waals surface area contributed by atoms with Crippen LogP contribution in [0.2, 0.25) is 0 Å². The number of carbonyl (C=O) groups excluding carboxylic acids is 2. The minimum Gasteiger partial charge on any atom is -0.361 e. The van der Waals surface area contributed by atoms with E-state index in [9.17, 15) is 9.59 Å². The molecule has 2 amide bonds. The minimum atomic E-state index is -0.298. The van der Waals surface area contributed by atoms with Gasteiger partial charge in [0.15, 0.2) is 0 Å². The van der Waals surface area contributed by atoms with Gasteiger partial charge in [-0.25, -0.2) is 0 Å². The number of H-pyrrole nitrogens is 1. The Morgan fingerprint density at radius 1 is 1.00 bits per heavy atom. The van der Waals surface area contributed by atoms with Crippen molar-refractivity contribution in [3.05, 3.63) is 77.6 Å². The van der Waals surface area contributed by atoms with E-state index in [0.717, 1.165) is 35.7 Å². The van der Waals surface area contributed by atoms with Crippen LogP contribution in [0.4, 0.5) is 0 Å². The number of amides is 2. The van der Waals surface area contributed by atoms with Crippen LogP contribution in [0.1, 0.15) is 48.5 Å². The van der Waals surface area contributed by atoms with Crippen LogP contribution < -0.4 is 10.6 Å². The van der Waals surface area contributed by atoms with Gasteiger partial charge < -0.3 is 15.6 Å². The highest BCUT2D eigenvalue weighted by molar-refractivity contribution is 6.06. The van der Waals surface area contributed by atoms with Crippen LogP contribution in [0.5, 0.6) is 0 Å². The molecule has 0 radical (unpaired) electrons. The van der Waals surface area contributed by atoms with Gasteiger partial charge in [0.05, 0.1) is 0 Å². The highest BCUT2D eigenvalue weighted by atomic mass is 16.2. The van der Waals surface area contributed by atoms with Gasteiger partial charge in [0.2, 0.25) is 0 Å². The van der Waals surface area contributed by atoms with Crippen LogP contribution in [0.25, 0.3) is 17.0 Å². The van der Waals surface area contributed by atoms with Gasteiger partial charge in [-0.15, -0.1) is 0 Å². The molecule has 3 N–H and O–H groups in total. The molecule has 154 valence electrons. The van der Waals surface area contributed by atoms with E-state index in [4.69, 9.17) is 0 Å². The van der Waals surface area contributed by atoms with Gasteiger partial charge >= 0.3 is 0 Å². The summed E-state index contributed by atoms with van der Waals surface area (Å²) in [5.41, 5.74) is 2.62. The summed E-state index contributed by atoms with van der Waals surface area (Å²) in [6.07, 6.45) is 8.02. The second kappa shape index (κ2) is 8.99. The maximum atomic E-state index is 13.2. The fourth-order valence-electron chi connectivity index (χ4n) is 4.09. The molecule has 0 bridgehead atoms. The topological polar surface area (TPSA) is 74.0 Å². The molecule has 4 rings (SSSR count). The fraction of sp³-hybridized carbons (Fsp3) is 0.280. The zero-order chi connectivity index (χ0) is 20.9. The first-order valence-electron chi connectivity index (χ1n) is 10.6. The second-order valence-electron chi connectivity index (χ2n) is 8.01. The molecule has 0 spiro atoms. The summed E-state index contributed by atoms with van der Waals surface area (Å²) in [4.78, 5) is 29.2. The molecular weight excluding hydrogens is 374 g/mol. The normalized spacial score (nSPS) is 19.4. The zero-order valence-corrected chi connectivity index (χ0v) is 17.2. The Bertz CT molecular complexity index is 1070. The van der Waals surface area contributed by atoms with E-state index in [1.165, 1.54) is 6.42 Å². The van der Waals surface area contributed by atoms with Crippen LogP contribution in [-0.2, 0) is 4.79 Å². The molecule has 0 aliphatic heterocycles.